The van der Waals surface area contributed by atoms with Crippen LogP contribution >= 0.6 is 0 Å². The summed E-state index contributed by atoms with van der Waals surface area (Å²) in [6, 6.07) is 10.1. The Morgan fingerprint density at radius 1 is 1.00 bits per heavy atom. The van der Waals surface area contributed by atoms with Crippen LogP contribution in [0.5, 0.6) is 0 Å². The second-order valence-electron chi connectivity index (χ2n) is 6.59. The molecule has 0 aromatic heterocycles. The van der Waals surface area contributed by atoms with Crippen molar-refractivity contribution in [1.29, 1.82) is 0 Å². The van der Waals surface area contributed by atoms with Gasteiger partial charge in [0.15, 0.2) is 11.6 Å². The van der Waals surface area contributed by atoms with Crippen molar-refractivity contribution in [3.63, 3.8) is 0 Å². The number of benzene rings is 2. The first-order chi connectivity index (χ1) is 10.5. The third kappa shape index (κ3) is 3.06. The molecule has 0 aliphatic heterocycles. The zero-order valence-electron chi connectivity index (χ0n) is 13.3. The topological polar surface area (TPSA) is 0 Å². The third-order valence-corrected chi connectivity index (χ3v) is 4.87. The van der Waals surface area contributed by atoms with Crippen molar-refractivity contribution in [2.24, 2.45) is 5.92 Å². The van der Waals surface area contributed by atoms with Gasteiger partial charge in [0.25, 0.3) is 0 Å². The van der Waals surface area contributed by atoms with Gasteiger partial charge >= 0.3 is 0 Å². The average Bonchev–Trinajstić information content (AvgIpc) is 2.52. The van der Waals surface area contributed by atoms with E-state index >= 15 is 0 Å². The fourth-order valence-electron chi connectivity index (χ4n) is 3.44. The van der Waals surface area contributed by atoms with Crippen LogP contribution in [0.15, 0.2) is 30.3 Å². The molecule has 0 heterocycles. The summed E-state index contributed by atoms with van der Waals surface area (Å²) in [7, 11) is 0. The van der Waals surface area contributed by atoms with Crippen molar-refractivity contribution in [3.8, 4) is 0 Å². The molecule has 1 atom stereocenters. The lowest BCUT2D eigenvalue weighted by Gasteiger charge is -2.25. The van der Waals surface area contributed by atoms with E-state index in [1.54, 1.807) is 19.1 Å². The van der Waals surface area contributed by atoms with Gasteiger partial charge in [-0.15, -0.1) is 0 Å². The van der Waals surface area contributed by atoms with Gasteiger partial charge in [0.2, 0.25) is 0 Å². The van der Waals surface area contributed by atoms with E-state index in [-0.39, 0.29) is 0 Å². The summed E-state index contributed by atoms with van der Waals surface area (Å²) < 4.78 is 27.5. The highest BCUT2D eigenvalue weighted by Gasteiger charge is 2.19. The average molecular weight is 300 g/mol. The fraction of sp³-hybridized carbons (Fsp3) is 0.400. The van der Waals surface area contributed by atoms with Crippen LogP contribution < -0.4 is 0 Å². The second kappa shape index (κ2) is 6.20. The number of hydrogen-bond donors (Lipinski definition) is 0. The lowest BCUT2D eigenvalue weighted by molar-refractivity contribution is 0.419. The minimum Gasteiger partial charge on any atom is -0.203 e. The maximum atomic E-state index is 13.9. The Morgan fingerprint density at radius 2 is 1.82 bits per heavy atom. The van der Waals surface area contributed by atoms with Gasteiger partial charge in [-0.05, 0) is 74.1 Å². The fourth-order valence-corrected chi connectivity index (χ4v) is 3.44. The number of fused-ring (bicyclic) bond motifs is 1. The van der Waals surface area contributed by atoms with E-state index in [1.165, 1.54) is 16.7 Å². The van der Waals surface area contributed by atoms with Gasteiger partial charge in [-0.1, -0.05) is 35.9 Å². The van der Waals surface area contributed by atoms with Crippen LogP contribution in [0.25, 0.3) is 0 Å². The van der Waals surface area contributed by atoms with E-state index in [2.05, 4.69) is 25.1 Å². The van der Waals surface area contributed by atoms with Crippen LogP contribution in [0.1, 0.15) is 40.7 Å². The molecule has 3 rings (SSSR count). The molecule has 0 N–H and O–H groups in total. The predicted octanol–water partition coefficient (Wildman–Crippen LogP) is 5.32. The Morgan fingerprint density at radius 3 is 2.64 bits per heavy atom. The minimum absolute atomic E-state index is 0.378. The first kappa shape index (κ1) is 15.2. The summed E-state index contributed by atoms with van der Waals surface area (Å²) in [5, 5.41) is 0. The number of halogens is 2. The van der Waals surface area contributed by atoms with Crippen LogP contribution in [0.4, 0.5) is 8.78 Å². The van der Waals surface area contributed by atoms with E-state index in [4.69, 9.17) is 0 Å². The van der Waals surface area contributed by atoms with Gasteiger partial charge < -0.3 is 0 Å². The quantitative estimate of drug-likeness (QED) is 0.719. The maximum Gasteiger partial charge on any atom is 0.162 e. The van der Waals surface area contributed by atoms with Crippen LogP contribution in [0.3, 0.4) is 0 Å². The molecule has 0 saturated heterocycles. The molecule has 2 aromatic carbocycles. The SMILES string of the molecule is Cc1ccc2c(c1)CCC(CCc1ccc(C)c(F)c1F)C2. The summed E-state index contributed by atoms with van der Waals surface area (Å²) in [5.74, 6) is -0.784. The molecule has 1 aliphatic carbocycles. The monoisotopic (exact) mass is 300 g/mol. The van der Waals surface area contributed by atoms with Gasteiger partial charge in [0, 0.05) is 0 Å². The molecule has 0 saturated carbocycles. The Kier molecular flexibility index (Phi) is 4.28. The van der Waals surface area contributed by atoms with E-state index in [1.807, 2.05) is 0 Å². The summed E-state index contributed by atoms with van der Waals surface area (Å²) in [4.78, 5) is 0. The molecule has 0 spiro atoms. The molecule has 2 heteroatoms. The highest BCUT2D eigenvalue weighted by molar-refractivity contribution is 5.33. The van der Waals surface area contributed by atoms with Crippen molar-refractivity contribution in [2.45, 2.75) is 46.0 Å². The normalized spacial score (nSPS) is 17.4. The highest BCUT2D eigenvalue weighted by atomic mass is 19.2. The van der Waals surface area contributed by atoms with Gasteiger partial charge in [-0.25, -0.2) is 8.78 Å². The molecule has 1 unspecified atom stereocenters. The summed E-state index contributed by atoms with van der Waals surface area (Å²) in [6.07, 6.45) is 4.85. The molecule has 1 aliphatic rings. The van der Waals surface area contributed by atoms with Crippen molar-refractivity contribution in [2.75, 3.05) is 0 Å². The summed E-state index contributed by atoms with van der Waals surface area (Å²) in [6.45, 7) is 3.73. The standard InChI is InChI=1S/C20H22F2/c1-13-3-7-18-12-15(6-10-17(18)11-13)5-9-16-8-4-14(2)19(21)20(16)22/h3-4,7-8,11,15H,5-6,9-10,12H2,1-2H3. The molecular weight excluding hydrogens is 278 g/mol. The smallest absolute Gasteiger partial charge is 0.162 e. The Balaban J connectivity index is 1.66. The first-order valence-electron chi connectivity index (χ1n) is 8.06. The molecule has 0 amide bonds. The Hall–Kier alpha value is -1.70. The largest absolute Gasteiger partial charge is 0.203 e. The lowest BCUT2D eigenvalue weighted by Crippen LogP contribution is -2.15. The van der Waals surface area contributed by atoms with Gasteiger partial charge in [0.05, 0.1) is 0 Å². The van der Waals surface area contributed by atoms with Crippen molar-refractivity contribution in [1.82, 2.24) is 0 Å². The molecule has 116 valence electrons. The lowest BCUT2D eigenvalue weighted by atomic mass is 9.80. The Labute approximate surface area is 131 Å². The molecule has 2 aromatic rings. The maximum absolute atomic E-state index is 13.9. The van der Waals surface area contributed by atoms with Gasteiger partial charge in [-0.3, -0.25) is 0 Å². The highest BCUT2D eigenvalue weighted by Crippen LogP contribution is 2.29. The zero-order valence-corrected chi connectivity index (χ0v) is 13.3. The summed E-state index contributed by atoms with van der Waals surface area (Å²) in [5.41, 5.74) is 5.09. The molecule has 0 bridgehead atoms. The van der Waals surface area contributed by atoms with E-state index in [0.29, 0.717) is 23.5 Å². The van der Waals surface area contributed by atoms with E-state index in [0.717, 1.165) is 25.7 Å². The van der Waals surface area contributed by atoms with E-state index < -0.39 is 11.6 Å². The Bertz CT molecular complexity index is 688. The predicted molar refractivity (Wildman–Crippen MR) is 86.1 cm³/mol. The minimum atomic E-state index is -0.693. The number of aryl methyl sites for hydroxylation is 4. The van der Waals surface area contributed by atoms with Crippen LogP contribution in [-0.4, -0.2) is 0 Å². The molecule has 0 nitrogen and oxygen atoms in total. The molecule has 0 fully saturated rings. The molecular formula is C20H22F2. The molecule has 22 heavy (non-hydrogen) atoms. The second-order valence-corrected chi connectivity index (χ2v) is 6.59. The van der Waals surface area contributed by atoms with Crippen molar-refractivity contribution in [3.05, 3.63) is 69.8 Å². The van der Waals surface area contributed by atoms with Crippen LogP contribution in [0.2, 0.25) is 0 Å². The zero-order chi connectivity index (χ0) is 15.7. The van der Waals surface area contributed by atoms with Gasteiger partial charge in [-0.2, -0.15) is 0 Å². The third-order valence-electron chi connectivity index (χ3n) is 4.87. The molecule has 0 radical (unpaired) electrons. The van der Waals surface area contributed by atoms with Crippen molar-refractivity contribution < 1.29 is 8.78 Å². The van der Waals surface area contributed by atoms with Gasteiger partial charge in [0.1, 0.15) is 0 Å². The number of hydrogen-bond acceptors (Lipinski definition) is 0. The van der Waals surface area contributed by atoms with Crippen molar-refractivity contribution >= 4 is 0 Å². The van der Waals surface area contributed by atoms with Crippen LogP contribution in [0, 0.1) is 31.4 Å². The van der Waals surface area contributed by atoms with Crippen LogP contribution in [-0.2, 0) is 19.3 Å². The summed E-state index contributed by atoms with van der Waals surface area (Å²) >= 11 is 0. The first-order valence-corrected chi connectivity index (χ1v) is 8.06. The number of rotatable bonds is 3. The van der Waals surface area contributed by atoms with E-state index in [9.17, 15) is 8.78 Å².